The van der Waals surface area contributed by atoms with Crippen LogP contribution < -0.4 is 0 Å². The molecule has 0 spiro atoms. The van der Waals surface area contributed by atoms with E-state index < -0.39 is 45.3 Å². The van der Waals surface area contributed by atoms with Crippen LogP contribution in [0.25, 0.3) is 10.9 Å². The molecule has 1 aromatic carbocycles. The maximum absolute atomic E-state index is 13.3. The van der Waals surface area contributed by atoms with Crippen molar-refractivity contribution in [3.8, 4) is 6.07 Å². The van der Waals surface area contributed by atoms with Crippen LogP contribution in [0.4, 0.5) is 17.7 Å². The summed E-state index contributed by atoms with van der Waals surface area (Å²) in [6.07, 6.45) is -0.528. The van der Waals surface area contributed by atoms with E-state index in [2.05, 4.69) is 0 Å². The number of nitrogens with zero attached hydrogens (tertiary/aromatic N) is 2. The van der Waals surface area contributed by atoms with Gasteiger partial charge in [0.25, 0.3) is 0 Å². The lowest BCUT2D eigenvalue weighted by Crippen LogP contribution is -1.89. The molecule has 0 aliphatic carbocycles. The zero-order valence-electron chi connectivity index (χ0n) is 7.77. The summed E-state index contributed by atoms with van der Waals surface area (Å²) in [5.41, 5.74) is -0.904. The quantitative estimate of drug-likeness (QED) is 0.690. The molecule has 0 radical (unpaired) electrons. The Morgan fingerprint density at radius 2 is 1.94 bits per heavy atom. The lowest BCUT2D eigenvalue weighted by atomic mass is 10.1. The highest BCUT2D eigenvalue weighted by molar-refractivity contribution is 5.85. The zero-order chi connectivity index (χ0) is 11.9. The van der Waals surface area contributed by atoms with E-state index in [9.17, 15) is 17.7 Å². The number of hydrogen-bond donors (Lipinski definition) is 0. The highest BCUT2D eigenvalue weighted by Crippen LogP contribution is 2.29. The largest absolute Gasteiger partial charge is 0.227 e. The monoisotopic (exact) mass is 228 g/mol. The molecule has 16 heavy (non-hydrogen) atoms. The normalized spacial score (nSPS) is 10.7. The number of benzene rings is 1. The van der Waals surface area contributed by atoms with Gasteiger partial charge in [0, 0.05) is 10.9 Å². The molecule has 2 nitrogen and oxygen atoms in total. The number of rotatable bonds is 1. The van der Waals surface area contributed by atoms with E-state index in [0.717, 1.165) is 6.07 Å². The first-order chi connectivity index (χ1) is 7.57. The van der Waals surface area contributed by atoms with Gasteiger partial charge in [0.15, 0.2) is 11.6 Å². The zero-order valence-corrected chi connectivity index (χ0v) is 7.77. The first kappa shape index (κ1) is 10.5. The van der Waals surface area contributed by atoms with E-state index in [4.69, 9.17) is 5.26 Å². The van der Waals surface area contributed by atoms with E-state index in [0.29, 0.717) is 6.07 Å². The van der Waals surface area contributed by atoms with Crippen LogP contribution in [0.3, 0.4) is 0 Å². The van der Waals surface area contributed by atoms with E-state index in [1.165, 1.54) is 0 Å². The van der Waals surface area contributed by atoms with Gasteiger partial charge in [-0.1, -0.05) is 4.48 Å². The molecule has 0 atom stereocenters. The van der Waals surface area contributed by atoms with Crippen molar-refractivity contribution in [2.45, 2.75) is 6.42 Å². The van der Waals surface area contributed by atoms with Crippen LogP contribution in [-0.4, -0.2) is 4.79 Å². The molecule has 82 valence electrons. The van der Waals surface area contributed by atoms with Crippen LogP contribution in [0.15, 0.2) is 12.1 Å². The minimum atomic E-state index is -1.37. The second kappa shape index (κ2) is 3.52. The van der Waals surface area contributed by atoms with Crippen molar-refractivity contribution in [1.29, 1.82) is 5.26 Å². The van der Waals surface area contributed by atoms with Gasteiger partial charge in [-0.25, -0.2) is 8.78 Å². The molecule has 0 N–H and O–H groups in total. The molecule has 0 amide bonds. The van der Waals surface area contributed by atoms with Gasteiger partial charge in [0.05, 0.1) is 18.0 Å². The molecule has 0 saturated heterocycles. The lowest BCUT2D eigenvalue weighted by Gasteiger charge is -1.96. The molecule has 0 bridgehead atoms. The smallest absolute Gasteiger partial charge is 0.204 e. The maximum Gasteiger partial charge on any atom is 0.227 e. The van der Waals surface area contributed by atoms with Crippen molar-refractivity contribution in [3.63, 3.8) is 0 Å². The Labute approximate surface area is 87.3 Å². The Morgan fingerprint density at radius 3 is 2.56 bits per heavy atom. The molecule has 1 heterocycles. The Bertz CT molecular complexity index is 610. The first-order valence-electron chi connectivity index (χ1n) is 4.27. The average Bonchev–Trinajstić information content (AvgIpc) is 2.50. The molecule has 1 aromatic heterocycles. The second-order valence-electron chi connectivity index (χ2n) is 3.14. The second-order valence-corrected chi connectivity index (χ2v) is 3.14. The van der Waals surface area contributed by atoms with Gasteiger partial charge in [-0.2, -0.15) is 14.4 Å². The number of aromatic nitrogens is 1. The van der Waals surface area contributed by atoms with Crippen molar-refractivity contribution < 1.29 is 17.7 Å². The minimum absolute atomic E-state index is 0.398. The van der Waals surface area contributed by atoms with Crippen molar-refractivity contribution in [2.24, 2.45) is 0 Å². The summed E-state index contributed by atoms with van der Waals surface area (Å²) >= 11 is 0. The van der Waals surface area contributed by atoms with Gasteiger partial charge in [-0.05, 0) is 12.1 Å². The highest BCUT2D eigenvalue weighted by Gasteiger charge is 2.22. The Balaban J connectivity index is 2.93. The van der Waals surface area contributed by atoms with Gasteiger partial charge in [-0.15, -0.1) is 0 Å². The van der Waals surface area contributed by atoms with Crippen molar-refractivity contribution in [2.75, 3.05) is 0 Å². The van der Waals surface area contributed by atoms with Crippen molar-refractivity contribution in [1.82, 2.24) is 4.79 Å². The van der Waals surface area contributed by atoms with E-state index in [1.807, 2.05) is 0 Å². The Morgan fingerprint density at radius 1 is 1.25 bits per heavy atom. The summed E-state index contributed by atoms with van der Waals surface area (Å²) in [5.74, 6) is -3.93. The lowest BCUT2D eigenvalue weighted by molar-refractivity contribution is 0.311. The van der Waals surface area contributed by atoms with E-state index in [-0.39, 0.29) is 0 Å². The Hall–Kier alpha value is -2.03. The van der Waals surface area contributed by atoms with Gasteiger partial charge in [0.1, 0.15) is 0 Å². The average molecular weight is 228 g/mol. The number of hydrogen-bond acceptors (Lipinski definition) is 1. The van der Waals surface area contributed by atoms with Crippen LogP contribution in [0.2, 0.25) is 0 Å². The molecular weight excluding hydrogens is 224 g/mol. The third-order valence-corrected chi connectivity index (χ3v) is 2.26. The first-order valence-corrected chi connectivity index (χ1v) is 4.27. The SMILES string of the molecule is N#CCc1c(F)n(F)c2ccc(F)c(F)c12. The Kier molecular flexibility index (Phi) is 2.31. The molecule has 0 aliphatic rings. The summed E-state index contributed by atoms with van der Waals surface area (Å²) in [6, 6.07) is 3.18. The highest BCUT2D eigenvalue weighted by atomic mass is 19.2. The van der Waals surface area contributed by atoms with E-state index >= 15 is 0 Å². The van der Waals surface area contributed by atoms with Crippen molar-refractivity contribution >= 4 is 10.9 Å². The third-order valence-electron chi connectivity index (χ3n) is 2.26. The molecule has 2 rings (SSSR count). The van der Waals surface area contributed by atoms with Gasteiger partial charge in [-0.3, -0.25) is 0 Å². The van der Waals surface area contributed by atoms with Crippen LogP contribution in [-0.2, 0) is 6.42 Å². The molecule has 0 fully saturated rings. The fraction of sp³-hybridized carbons (Fsp3) is 0.100. The number of fused-ring (bicyclic) bond motifs is 1. The molecular formula is C10H4F4N2. The molecule has 0 aliphatic heterocycles. The van der Waals surface area contributed by atoms with E-state index in [1.54, 1.807) is 6.07 Å². The summed E-state index contributed by atoms with van der Waals surface area (Å²) in [7, 11) is 0. The van der Waals surface area contributed by atoms with Crippen LogP contribution in [0.5, 0.6) is 0 Å². The molecule has 0 saturated carbocycles. The van der Waals surface area contributed by atoms with Crippen molar-refractivity contribution in [3.05, 3.63) is 35.3 Å². The predicted molar refractivity (Wildman–Crippen MR) is 47.6 cm³/mol. The molecule has 6 heteroatoms. The van der Waals surface area contributed by atoms with Crippen LogP contribution in [0, 0.1) is 28.9 Å². The maximum atomic E-state index is 13.3. The van der Waals surface area contributed by atoms with Gasteiger partial charge < -0.3 is 0 Å². The molecule has 2 aromatic rings. The number of halogens is 4. The third kappa shape index (κ3) is 1.25. The topological polar surface area (TPSA) is 28.7 Å². The summed E-state index contributed by atoms with van der Waals surface area (Å²) in [6.45, 7) is 0. The van der Waals surface area contributed by atoms with Gasteiger partial charge >= 0.3 is 0 Å². The summed E-state index contributed by atoms with van der Waals surface area (Å²) in [4.78, 5) is -0.398. The van der Waals surface area contributed by atoms with Crippen LogP contribution >= 0.6 is 0 Å². The number of nitriles is 1. The van der Waals surface area contributed by atoms with Crippen LogP contribution in [0.1, 0.15) is 5.56 Å². The molecule has 0 unspecified atom stereocenters. The standard InChI is InChI=1S/C10H4F4N2/c11-6-1-2-7-8(9(6)12)5(3-4-15)10(13)16(7)14/h1-2H,3H2. The summed E-state index contributed by atoms with van der Waals surface area (Å²) < 4.78 is 52.7. The fourth-order valence-corrected chi connectivity index (χ4v) is 1.56. The minimum Gasteiger partial charge on any atom is -0.204 e. The predicted octanol–water partition coefficient (Wildman–Crippen LogP) is 2.86. The van der Waals surface area contributed by atoms with Gasteiger partial charge in [0.2, 0.25) is 5.95 Å². The fourth-order valence-electron chi connectivity index (χ4n) is 1.56. The summed E-state index contributed by atoms with van der Waals surface area (Å²) in [5, 5.41) is 7.88.